The number of aromatic amines is 1. The number of benzene rings is 1. The average Bonchev–Trinajstić information content (AvgIpc) is 3.15. The lowest BCUT2D eigenvalue weighted by atomic mass is 10.2. The fraction of sp³-hybridized carbons (Fsp3) is 0.429. The summed E-state index contributed by atoms with van der Waals surface area (Å²) in [6.07, 6.45) is 1.73. The molecule has 0 saturated heterocycles. The lowest BCUT2D eigenvalue weighted by Gasteiger charge is -2.19. The molecular weight excluding hydrogens is 441 g/mol. The van der Waals surface area contributed by atoms with Crippen molar-refractivity contribution in [2.75, 3.05) is 6.54 Å². The van der Waals surface area contributed by atoms with E-state index in [1.54, 1.807) is 0 Å². The molecule has 0 aliphatic heterocycles. The molecule has 0 unspecified atom stereocenters. The average molecular weight is 466 g/mol. The Morgan fingerprint density at radius 1 is 1.16 bits per heavy atom. The molecule has 0 bridgehead atoms. The van der Waals surface area contributed by atoms with Crippen LogP contribution in [0.4, 0.5) is 9.18 Å². The van der Waals surface area contributed by atoms with Crippen LogP contribution in [0.15, 0.2) is 33.9 Å². The molecule has 2 aromatic heterocycles. The third-order valence-corrected chi connectivity index (χ3v) is 5.36. The van der Waals surface area contributed by atoms with E-state index in [0.717, 1.165) is 28.7 Å². The molecule has 3 rings (SSSR count). The molecule has 172 valence electrons. The molecule has 9 nitrogen and oxygen atoms in total. The van der Waals surface area contributed by atoms with Crippen molar-refractivity contribution in [1.29, 1.82) is 0 Å². The maximum atomic E-state index is 13.1. The summed E-state index contributed by atoms with van der Waals surface area (Å²) in [6.45, 7) is 2.64. The fourth-order valence-electron chi connectivity index (χ4n) is 3.53. The number of H-pyrrole nitrogens is 1. The molecule has 0 aliphatic rings. The predicted octanol–water partition coefficient (Wildman–Crippen LogP) is 3.44. The zero-order chi connectivity index (χ0) is 23.3. The Kier molecular flexibility index (Phi) is 7.68. The van der Waals surface area contributed by atoms with Crippen LogP contribution in [-0.2, 0) is 19.6 Å². The number of nitrogens with one attached hydrogen (secondary N) is 1. The first kappa shape index (κ1) is 23.5. The maximum Gasteiger partial charge on any atom is 0.407 e. The Bertz CT molecular complexity index is 1200. The molecule has 2 N–H and O–H groups in total. The van der Waals surface area contributed by atoms with Crippen molar-refractivity contribution >= 4 is 28.9 Å². The normalized spacial score (nSPS) is 11.2. The third kappa shape index (κ3) is 5.37. The van der Waals surface area contributed by atoms with E-state index in [9.17, 15) is 23.9 Å². The second kappa shape index (κ2) is 10.4. The number of rotatable bonds is 10. The van der Waals surface area contributed by atoms with Crippen LogP contribution >= 0.6 is 11.6 Å². The highest BCUT2D eigenvalue weighted by Gasteiger charge is 2.18. The summed E-state index contributed by atoms with van der Waals surface area (Å²) < 4.78 is 15.6. The number of aryl methyl sites for hydroxylation is 1. The van der Waals surface area contributed by atoms with Crippen LogP contribution in [0.5, 0.6) is 0 Å². The van der Waals surface area contributed by atoms with Gasteiger partial charge in [0.15, 0.2) is 11.2 Å². The molecule has 3 aromatic rings. The summed E-state index contributed by atoms with van der Waals surface area (Å²) in [4.78, 5) is 45.4. The van der Waals surface area contributed by atoms with Crippen molar-refractivity contribution in [3.8, 4) is 0 Å². The van der Waals surface area contributed by atoms with Crippen LogP contribution in [0, 0.1) is 5.82 Å². The van der Waals surface area contributed by atoms with E-state index in [2.05, 4.69) is 9.97 Å². The highest BCUT2D eigenvalue weighted by Crippen LogP contribution is 2.11. The molecule has 0 saturated carbocycles. The largest absolute Gasteiger partial charge is 0.465 e. The van der Waals surface area contributed by atoms with E-state index >= 15 is 0 Å². The minimum atomic E-state index is -1.14. The molecular formula is C21H25ClFN5O4. The summed E-state index contributed by atoms with van der Waals surface area (Å²) >= 11 is 5.93. The number of nitrogens with zero attached hydrogens (tertiary/aromatic N) is 4. The highest BCUT2D eigenvalue weighted by atomic mass is 35.5. The van der Waals surface area contributed by atoms with E-state index in [1.165, 1.54) is 28.8 Å². The number of amides is 1. The van der Waals surface area contributed by atoms with Gasteiger partial charge in [0.25, 0.3) is 5.56 Å². The lowest BCUT2D eigenvalue weighted by molar-refractivity contribution is 0.141. The summed E-state index contributed by atoms with van der Waals surface area (Å²) in [5.41, 5.74) is -0.0372. The molecule has 2 heterocycles. The van der Waals surface area contributed by atoms with E-state index in [-0.39, 0.29) is 42.5 Å². The van der Waals surface area contributed by atoms with E-state index < -0.39 is 23.2 Å². The maximum absolute atomic E-state index is 13.1. The number of unbranched alkanes of at least 4 members (excludes halogenated alkanes) is 2. The second-order valence-corrected chi connectivity index (χ2v) is 7.87. The number of carbonyl (C=O) groups is 1. The summed E-state index contributed by atoms with van der Waals surface area (Å²) in [5.74, 6) is -0.403. The molecule has 1 amide bonds. The number of fused-ring (bicyclic) bond motifs is 1. The minimum absolute atomic E-state index is 0.0230. The van der Waals surface area contributed by atoms with E-state index in [0.29, 0.717) is 12.1 Å². The molecule has 32 heavy (non-hydrogen) atoms. The van der Waals surface area contributed by atoms with E-state index in [4.69, 9.17) is 11.6 Å². The summed E-state index contributed by atoms with van der Waals surface area (Å²) in [6, 6.07) is 5.56. The topological polar surface area (TPSA) is 113 Å². The molecule has 1 aromatic carbocycles. The predicted molar refractivity (Wildman–Crippen MR) is 119 cm³/mol. The van der Waals surface area contributed by atoms with Gasteiger partial charge in [-0.05, 0) is 42.1 Å². The number of carboxylic acid groups (broad SMARTS) is 1. The van der Waals surface area contributed by atoms with Crippen LogP contribution < -0.4 is 11.2 Å². The van der Waals surface area contributed by atoms with Crippen LogP contribution in [0.25, 0.3) is 11.2 Å². The van der Waals surface area contributed by atoms with Crippen molar-refractivity contribution in [3.63, 3.8) is 0 Å². The monoisotopic (exact) mass is 465 g/mol. The van der Waals surface area contributed by atoms with E-state index in [1.807, 2.05) is 6.92 Å². The summed E-state index contributed by atoms with van der Waals surface area (Å²) in [7, 11) is 0. The smallest absolute Gasteiger partial charge is 0.407 e. The summed E-state index contributed by atoms with van der Waals surface area (Å²) in [5, 5.41) is 9.52. The molecule has 0 fully saturated rings. The van der Waals surface area contributed by atoms with Gasteiger partial charge in [0.1, 0.15) is 5.82 Å². The lowest BCUT2D eigenvalue weighted by Crippen LogP contribution is -2.41. The Labute approximate surface area is 188 Å². The molecule has 0 atom stereocenters. The van der Waals surface area contributed by atoms with Crippen molar-refractivity contribution < 1.29 is 14.3 Å². The standard InChI is InChI=1S/C21H25ClFN5O4/c1-2-3-4-11-27-17-16(24-19(22)25-17)18(29)28(20(27)30)12-5-10-26(21(31)32)13-14-6-8-15(23)9-7-14/h6-9H,2-5,10-13H2,1H3,(H,24,25)(H,31,32). The van der Waals surface area contributed by atoms with Gasteiger partial charge in [-0.25, -0.2) is 14.0 Å². The third-order valence-electron chi connectivity index (χ3n) is 5.18. The Balaban J connectivity index is 1.79. The number of imidazole rings is 1. The van der Waals surface area contributed by atoms with Gasteiger partial charge in [-0.3, -0.25) is 13.9 Å². The minimum Gasteiger partial charge on any atom is -0.465 e. The first-order chi connectivity index (χ1) is 15.3. The molecule has 11 heteroatoms. The Morgan fingerprint density at radius 3 is 2.50 bits per heavy atom. The van der Waals surface area contributed by atoms with Crippen molar-refractivity contribution in [2.45, 2.75) is 52.2 Å². The van der Waals surface area contributed by atoms with Gasteiger partial charge in [0.2, 0.25) is 5.28 Å². The van der Waals surface area contributed by atoms with Crippen molar-refractivity contribution in [1.82, 2.24) is 24.0 Å². The Morgan fingerprint density at radius 2 is 1.84 bits per heavy atom. The number of aromatic nitrogens is 4. The molecule has 0 aliphatic carbocycles. The van der Waals surface area contributed by atoms with Gasteiger partial charge < -0.3 is 15.0 Å². The van der Waals surface area contributed by atoms with Crippen molar-refractivity contribution in [3.05, 3.63) is 61.8 Å². The van der Waals surface area contributed by atoms with Gasteiger partial charge >= 0.3 is 11.8 Å². The number of hydrogen-bond acceptors (Lipinski definition) is 4. The molecule has 0 spiro atoms. The van der Waals surface area contributed by atoms with Crippen LogP contribution in [0.3, 0.4) is 0 Å². The number of halogens is 2. The second-order valence-electron chi connectivity index (χ2n) is 7.51. The zero-order valence-corrected chi connectivity index (χ0v) is 18.4. The van der Waals surface area contributed by atoms with Crippen molar-refractivity contribution in [2.24, 2.45) is 0 Å². The first-order valence-electron chi connectivity index (χ1n) is 10.4. The number of hydrogen-bond donors (Lipinski definition) is 2. The van der Waals surface area contributed by atoms with Crippen LogP contribution in [0.1, 0.15) is 38.2 Å². The van der Waals surface area contributed by atoms with Gasteiger partial charge in [-0.15, -0.1) is 0 Å². The van der Waals surface area contributed by atoms with Gasteiger partial charge in [0.05, 0.1) is 0 Å². The first-order valence-corrected chi connectivity index (χ1v) is 10.8. The SMILES string of the molecule is CCCCCn1c(=O)n(CCCN(Cc2ccc(F)cc2)C(=O)O)c(=O)c2[nH]c(Cl)nc21. The molecule has 0 radical (unpaired) electrons. The van der Waals surface area contributed by atoms with Gasteiger partial charge in [-0.1, -0.05) is 31.9 Å². The fourth-order valence-corrected chi connectivity index (χ4v) is 3.70. The zero-order valence-electron chi connectivity index (χ0n) is 17.7. The van der Waals surface area contributed by atoms with Crippen LogP contribution in [-0.4, -0.2) is 41.7 Å². The quantitative estimate of drug-likeness (QED) is 0.351. The highest BCUT2D eigenvalue weighted by molar-refractivity contribution is 6.28. The van der Waals surface area contributed by atoms with Gasteiger partial charge in [0, 0.05) is 26.2 Å². The van der Waals surface area contributed by atoms with Gasteiger partial charge in [-0.2, -0.15) is 4.98 Å². The Hall–Kier alpha value is -3.14. The van der Waals surface area contributed by atoms with Crippen LogP contribution in [0.2, 0.25) is 5.28 Å².